The Labute approximate surface area is 296 Å². The average Bonchev–Trinajstić information content (AvgIpc) is 2.93. The van der Waals surface area contributed by atoms with Gasteiger partial charge in [0.25, 0.3) is 0 Å². The molecular formula is C26H11Br4F15O4. The first-order chi connectivity index (χ1) is 21.8. The lowest BCUT2D eigenvalue weighted by Gasteiger charge is -2.49. The van der Waals surface area contributed by atoms with Gasteiger partial charge in [-0.25, -0.2) is 13.2 Å². The van der Waals surface area contributed by atoms with Gasteiger partial charge < -0.3 is 0 Å². The van der Waals surface area contributed by atoms with E-state index in [0.29, 0.717) is 8.95 Å². The fourth-order valence-electron chi connectivity index (χ4n) is 3.96. The number of Topliss-reactive ketones (excluding diaryl/α,β-unsaturated/α-hetero) is 4. The smallest absolute Gasteiger partial charge is 0.295 e. The third kappa shape index (κ3) is 7.77. The minimum Gasteiger partial charge on any atom is -0.295 e. The molecule has 0 unspecified atom stereocenters. The number of hydrogen-bond donors (Lipinski definition) is 0. The lowest BCUT2D eigenvalue weighted by molar-refractivity contribution is -0.387. The van der Waals surface area contributed by atoms with E-state index >= 15 is 0 Å². The minimum atomic E-state index is -7.15. The van der Waals surface area contributed by atoms with Gasteiger partial charge in [0, 0.05) is 29.0 Å². The number of carbonyl (C=O) groups is 4. The summed E-state index contributed by atoms with van der Waals surface area (Å²) in [5, 5.41) is 0. The van der Waals surface area contributed by atoms with Crippen molar-refractivity contribution in [2.24, 2.45) is 0 Å². The van der Waals surface area contributed by atoms with Crippen molar-refractivity contribution in [3.63, 3.8) is 0 Å². The van der Waals surface area contributed by atoms with Crippen LogP contribution in [0.5, 0.6) is 0 Å². The van der Waals surface area contributed by atoms with Gasteiger partial charge in [-0.05, 0) is 36.4 Å². The summed E-state index contributed by atoms with van der Waals surface area (Å²) in [6, 6.07) is 7.23. The molecule has 4 nitrogen and oxygen atoms in total. The molecule has 0 bridgehead atoms. The molecule has 0 heterocycles. The Morgan fingerprint density at radius 3 is 1.18 bits per heavy atom. The maximum atomic E-state index is 13.9. The molecule has 3 rings (SSSR count). The zero-order chi connectivity index (χ0) is 38.5. The molecule has 1 aliphatic rings. The van der Waals surface area contributed by atoms with Crippen LogP contribution < -0.4 is 0 Å². The van der Waals surface area contributed by atoms with E-state index in [9.17, 15) is 85.0 Å². The van der Waals surface area contributed by atoms with Crippen molar-refractivity contribution in [3.8, 4) is 0 Å². The van der Waals surface area contributed by atoms with Crippen LogP contribution in [-0.4, -0.2) is 70.8 Å². The van der Waals surface area contributed by atoms with E-state index in [1.807, 2.05) is 0 Å². The van der Waals surface area contributed by atoms with E-state index in [-0.39, 0.29) is 14.5 Å². The Bertz CT molecular complexity index is 1590. The molecule has 49 heavy (non-hydrogen) atoms. The molecule has 0 saturated heterocycles. The van der Waals surface area contributed by atoms with Crippen LogP contribution in [0.1, 0.15) is 33.6 Å². The summed E-state index contributed by atoms with van der Waals surface area (Å²) in [6.45, 7) is 0. The lowest BCUT2D eigenvalue weighted by Crippen LogP contribution is -2.81. The first-order valence-electron chi connectivity index (χ1n) is 12.1. The highest BCUT2D eigenvalue weighted by Gasteiger charge is 2.92. The van der Waals surface area contributed by atoms with Crippen molar-refractivity contribution in [3.05, 3.63) is 65.4 Å². The molecule has 0 spiro atoms. The molecule has 272 valence electrons. The standard InChI is InChI=1S/C13H5Br2F9O2.C13H6Br2F6O2/c14-6-1-5(2-7(15)3-6)8(25)4-9(26)10(16,17)11(18,12(19,20)21)13(22,23)24;14-6-1-5(2-7(15)3-6)8(22)4-9(23)11(17)12(18,19)10(16)13(11,20)21/h1-3H,4H2;1-3,10H,4H2. The fraction of sp³-hybridized carbons (Fsp3) is 0.385. The predicted octanol–water partition coefficient (Wildman–Crippen LogP) is 10.5. The zero-order valence-corrected chi connectivity index (χ0v) is 29.1. The Balaban J connectivity index is 0.000000342. The molecule has 0 radical (unpaired) electrons. The molecule has 0 aliphatic heterocycles. The molecule has 0 atom stereocenters. The van der Waals surface area contributed by atoms with Crippen LogP contribution in [0, 0.1) is 0 Å². The predicted molar refractivity (Wildman–Crippen MR) is 151 cm³/mol. The Morgan fingerprint density at radius 2 is 0.878 bits per heavy atom. The summed E-state index contributed by atoms with van der Waals surface area (Å²) in [7, 11) is 0. The summed E-state index contributed by atoms with van der Waals surface area (Å²) < 4.78 is 195. The quantitative estimate of drug-likeness (QED) is 0.143. The fourth-order valence-corrected chi connectivity index (χ4v) is 6.55. The summed E-state index contributed by atoms with van der Waals surface area (Å²) in [6.07, 6.45) is -22.0. The topological polar surface area (TPSA) is 68.3 Å². The number of hydrogen-bond acceptors (Lipinski definition) is 4. The number of carbonyl (C=O) groups excluding carboxylic acids is 4. The minimum absolute atomic E-state index is 0.189. The monoisotopic (exact) mass is 988 g/mol. The maximum absolute atomic E-state index is 13.9. The van der Waals surface area contributed by atoms with Crippen LogP contribution >= 0.6 is 63.7 Å². The van der Waals surface area contributed by atoms with Crippen LogP contribution in [0.15, 0.2) is 54.3 Å². The van der Waals surface area contributed by atoms with Crippen molar-refractivity contribution in [2.45, 2.75) is 60.5 Å². The molecule has 2 aromatic rings. The van der Waals surface area contributed by atoms with Crippen LogP contribution in [0.25, 0.3) is 0 Å². The number of halogens is 19. The van der Waals surface area contributed by atoms with Gasteiger partial charge in [-0.3, -0.25) is 19.2 Å². The SMILES string of the molecule is O=C(CC(=O)C(F)(F)C(F)(C(F)(F)F)C(F)(F)F)c1cc(Br)cc(Br)c1.O=C(CC(=O)C1(F)C(F)(F)C(F)C1(F)F)c1cc(Br)cc(Br)c1. The van der Waals surface area contributed by atoms with E-state index in [1.54, 1.807) is 0 Å². The lowest BCUT2D eigenvalue weighted by atomic mass is 9.68. The molecule has 0 amide bonds. The van der Waals surface area contributed by atoms with Gasteiger partial charge in [0.05, 0.1) is 12.8 Å². The normalized spacial score (nSPS) is 20.4. The van der Waals surface area contributed by atoms with Crippen molar-refractivity contribution in [1.29, 1.82) is 0 Å². The van der Waals surface area contributed by atoms with Gasteiger partial charge in [0.1, 0.15) is 0 Å². The largest absolute Gasteiger partial charge is 0.438 e. The summed E-state index contributed by atoms with van der Waals surface area (Å²) >= 11 is 11.8. The van der Waals surface area contributed by atoms with Crippen LogP contribution in [-0.2, 0) is 9.59 Å². The van der Waals surface area contributed by atoms with Gasteiger partial charge in [0.15, 0.2) is 17.3 Å². The van der Waals surface area contributed by atoms with Crippen molar-refractivity contribution < 1.29 is 85.0 Å². The van der Waals surface area contributed by atoms with Crippen LogP contribution in [0.2, 0.25) is 0 Å². The Hall–Kier alpha value is -2.01. The molecule has 23 heteroatoms. The molecule has 0 N–H and O–H groups in total. The first kappa shape index (κ1) is 43.2. The van der Waals surface area contributed by atoms with E-state index in [1.165, 1.54) is 24.3 Å². The second kappa shape index (κ2) is 14.2. The molecule has 1 fully saturated rings. The Morgan fingerprint density at radius 1 is 0.571 bits per heavy atom. The van der Waals surface area contributed by atoms with E-state index in [2.05, 4.69) is 63.7 Å². The highest BCUT2D eigenvalue weighted by molar-refractivity contribution is 9.11. The molecule has 1 saturated carbocycles. The second-order valence-electron chi connectivity index (χ2n) is 9.86. The first-order valence-corrected chi connectivity index (χ1v) is 15.3. The van der Waals surface area contributed by atoms with E-state index in [0.717, 1.165) is 12.1 Å². The van der Waals surface area contributed by atoms with Crippen molar-refractivity contribution >= 4 is 86.9 Å². The summed E-state index contributed by atoms with van der Waals surface area (Å²) in [4.78, 5) is 46.4. The number of benzene rings is 2. The van der Waals surface area contributed by atoms with Crippen LogP contribution in [0.3, 0.4) is 0 Å². The van der Waals surface area contributed by atoms with Crippen molar-refractivity contribution in [2.75, 3.05) is 0 Å². The van der Waals surface area contributed by atoms with Gasteiger partial charge >= 0.3 is 41.5 Å². The van der Waals surface area contributed by atoms with E-state index in [4.69, 9.17) is 0 Å². The molecule has 0 aromatic heterocycles. The van der Waals surface area contributed by atoms with Gasteiger partial charge in [-0.15, -0.1) is 0 Å². The van der Waals surface area contributed by atoms with Gasteiger partial charge in [-0.2, -0.15) is 52.7 Å². The van der Waals surface area contributed by atoms with Gasteiger partial charge in [-0.1, -0.05) is 63.7 Å². The van der Waals surface area contributed by atoms with Crippen molar-refractivity contribution in [1.82, 2.24) is 0 Å². The highest BCUT2D eigenvalue weighted by atomic mass is 79.9. The molecule has 2 aromatic carbocycles. The number of alkyl halides is 15. The van der Waals surface area contributed by atoms with Gasteiger partial charge in [0.2, 0.25) is 12.0 Å². The maximum Gasteiger partial charge on any atom is 0.438 e. The molecule has 1 aliphatic carbocycles. The second-order valence-corrected chi connectivity index (χ2v) is 13.5. The average molecular weight is 992 g/mol. The summed E-state index contributed by atoms with van der Waals surface area (Å²) in [5.74, 6) is -25.1. The highest BCUT2D eigenvalue weighted by Crippen LogP contribution is 2.62. The number of ketones is 4. The van der Waals surface area contributed by atoms with E-state index < -0.39 is 89.2 Å². The number of rotatable bonds is 9. The zero-order valence-electron chi connectivity index (χ0n) is 22.8. The third-order valence-corrected chi connectivity index (χ3v) is 8.35. The Kier molecular flexibility index (Phi) is 12.5. The van der Waals surface area contributed by atoms with Crippen LogP contribution in [0.4, 0.5) is 65.9 Å². The molecular weight excluding hydrogens is 981 g/mol. The third-order valence-electron chi connectivity index (χ3n) is 6.51. The summed E-state index contributed by atoms with van der Waals surface area (Å²) in [5.41, 5.74) is -12.8.